The van der Waals surface area contributed by atoms with Crippen molar-refractivity contribution in [2.45, 2.75) is 53.5 Å². The number of carbonyl (C=O) groups is 1. The standard InChI is InChI=1S/C19H24N4O/c1-13-6-7-14(2)18(12-13)21-19(24)9-8-17-15(3)22-23(16(17)4)11-5-10-20/h6-7,12H,5,8-9,11H2,1-4H3,(H,21,24). The minimum atomic E-state index is 0.00674. The lowest BCUT2D eigenvalue weighted by Crippen LogP contribution is -2.13. The van der Waals surface area contributed by atoms with Crippen molar-refractivity contribution >= 4 is 11.6 Å². The third-order valence-corrected chi connectivity index (χ3v) is 4.24. The van der Waals surface area contributed by atoms with Gasteiger partial charge in [-0.2, -0.15) is 10.4 Å². The van der Waals surface area contributed by atoms with Gasteiger partial charge >= 0.3 is 0 Å². The Hall–Kier alpha value is -2.61. The molecule has 1 amide bonds. The molecule has 0 radical (unpaired) electrons. The molecule has 5 heteroatoms. The lowest BCUT2D eigenvalue weighted by atomic mass is 10.1. The first-order chi connectivity index (χ1) is 11.4. The number of hydrogen-bond acceptors (Lipinski definition) is 3. The second-order valence-corrected chi connectivity index (χ2v) is 6.15. The molecule has 0 unspecified atom stereocenters. The van der Waals surface area contributed by atoms with E-state index in [1.165, 1.54) is 0 Å². The van der Waals surface area contributed by atoms with Gasteiger partial charge in [-0.15, -0.1) is 0 Å². The molecule has 0 saturated carbocycles. The van der Waals surface area contributed by atoms with Crippen LogP contribution in [-0.2, 0) is 17.8 Å². The molecule has 0 aliphatic heterocycles. The molecule has 0 aliphatic carbocycles. The van der Waals surface area contributed by atoms with E-state index >= 15 is 0 Å². The number of aromatic nitrogens is 2. The number of carbonyl (C=O) groups excluding carboxylic acids is 1. The molecule has 0 aliphatic rings. The van der Waals surface area contributed by atoms with Crippen LogP contribution >= 0.6 is 0 Å². The van der Waals surface area contributed by atoms with E-state index in [2.05, 4.69) is 16.5 Å². The summed E-state index contributed by atoms with van der Waals surface area (Å²) >= 11 is 0. The van der Waals surface area contributed by atoms with Crippen LogP contribution in [0.1, 0.15) is 40.9 Å². The third-order valence-electron chi connectivity index (χ3n) is 4.24. The number of anilines is 1. The zero-order chi connectivity index (χ0) is 17.7. The Morgan fingerprint density at radius 3 is 2.75 bits per heavy atom. The molecule has 1 aromatic carbocycles. The topological polar surface area (TPSA) is 70.7 Å². The molecule has 0 spiro atoms. The molecule has 24 heavy (non-hydrogen) atoms. The Labute approximate surface area is 143 Å². The number of nitriles is 1. The highest BCUT2D eigenvalue weighted by Crippen LogP contribution is 2.18. The molecule has 2 aromatic rings. The SMILES string of the molecule is Cc1ccc(C)c(NC(=O)CCc2c(C)nn(CCC#N)c2C)c1. The van der Waals surface area contributed by atoms with E-state index in [0.29, 0.717) is 25.8 Å². The normalized spacial score (nSPS) is 10.5. The average molecular weight is 324 g/mol. The summed E-state index contributed by atoms with van der Waals surface area (Å²) in [6, 6.07) is 8.17. The number of amides is 1. The summed E-state index contributed by atoms with van der Waals surface area (Å²) in [5, 5.41) is 16.2. The average Bonchev–Trinajstić information content (AvgIpc) is 2.81. The Bertz CT molecular complexity index is 783. The molecule has 0 bridgehead atoms. The van der Waals surface area contributed by atoms with E-state index in [-0.39, 0.29) is 5.91 Å². The molecule has 5 nitrogen and oxygen atoms in total. The number of nitrogens with one attached hydrogen (secondary N) is 1. The molecule has 1 aromatic heterocycles. The molecule has 2 rings (SSSR count). The van der Waals surface area contributed by atoms with Crippen molar-refractivity contribution < 1.29 is 4.79 Å². The Balaban J connectivity index is 2.00. The van der Waals surface area contributed by atoms with Gasteiger partial charge in [0.15, 0.2) is 0 Å². The highest BCUT2D eigenvalue weighted by molar-refractivity contribution is 5.91. The fourth-order valence-electron chi connectivity index (χ4n) is 2.79. The zero-order valence-electron chi connectivity index (χ0n) is 14.8. The van der Waals surface area contributed by atoms with Gasteiger partial charge in [0.2, 0.25) is 5.91 Å². The number of benzene rings is 1. The first kappa shape index (κ1) is 17.7. The maximum Gasteiger partial charge on any atom is 0.224 e. The summed E-state index contributed by atoms with van der Waals surface area (Å²) in [7, 11) is 0. The molecule has 1 heterocycles. The van der Waals surface area contributed by atoms with Gasteiger partial charge in [-0.25, -0.2) is 0 Å². The fraction of sp³-hybridized carbons (Fsp3) is 0.421. The number of aryl methyl sites for hydroxylation is 4. The van der Waals surface area contributed by atoms with Crippen molar-refractivity contribution in [3.05, 3.63) is 46.3 Å². The van der Waals surface area contributed by atoms with Crippen molar-refractivity contribution in [1.82, 2.24) is 9.78 Å². The predicted molar refractivity (Wildman–Crippen MR) is 94.8 cm³/mol. The zero-order valence-corrected chi connectivity index (χ0v) is 14.8. The van der Waals surface area contributed by atoms with Crippen LogP contribution in [0.5, 0.6) is 0 Å². The van der Waals surface area contributed by atoms with Crippen LogP contribution in [0, 0.1) is 39.0 Å². The first-order valence-corrected chi connectivity index (χ1v) is 8.19. The molecular weight excluding hydrogens is 300 g/mol. The molecular formula is C19H24N4O. The van der Waals surface area contributed by atoms with E-state index in [4.69, 9.17) is 5.26 Å². The smallest absolute Gasteiger partial charge is 0.224 e. The van der Waals surface area contributed by atoms with Crippen LogP contribution < -0.4 is 5.32 Å². The van der Waals surface area contributed by atoms with Gasteiger partial charge in [-0.3, -0.25) is 9.48 Å². The van der Waals surface area contributed by atoms with Gasteiger partial charge in [0.1, 0.15) is 0 Å². The predicted octanol–water partition coefficient (Wildman–Crippen LogP) is 3.60. The first-order valence-electron chi connectivity index (χ1n) is 8.19. The van der Waals surface area contributed by atoms with E-state index < -0.39 is 0 Å². The molecule has 0 saturated heterocycles. The molecule has 0 fully saturated rings. The van der Waals surface area contributed by atoms with Crippen LogP contribution in [0.15, 0.2) is 18.2 Å². The molecule has 0 atom stereocenters. The Kier molecular flexibility index (Phi) is 5.75. The van der Waals surface area contributed by atoms with E-state index in [9.17, 15) is 4.79 Å². The van der Waals surface area contributed by atoms with Gasteiger partial charge in [0, 0.05) is 17.8 Å². The number of hydrogen-bond donors (Lipinski definition) is 1. The summed E-state index contributed by atoms with van der Waals surface area (Å²) in [5.41, 5.74) is 6.14. The van der Waals surface area contributed by atoms with Gasteiger partial charge in [0.05, 0.1) is 24.7 Å². The summed E-state index contributed by atoms with van der Waals surface area (Å²) < 4.78 is 1.86. The summed E-state index contributed by atoms with van der Waals surface area (Å²) in [4.78, 5) is 12.3. The molecule has 126 valence electrons. The van der Waals surface area contributed by atoms with E-state index in [1.807, 2.05) is 50.6 Å². The lowest BCUT2D eigenvalue weighted by Gasteiger charge is -2.09. The monoisotopic (exact) mass is 324 g/mol. The molecule has 1 N–H and O–H groups in total. The van der Waals surface area contributed by atoms with E-state index in [0.717, 1.165) is 33.8 Å². The second-order valence-electron chi connectivity index (χ2n) is 6.15. The maximum atomic E-state index is 12.3. The van der Waals surface area contributed by atoms with Crippen LogP contribution in [0.3, 0.4) is 0 Å². The van der Waals surface area contributed by atoms with Crippen molar-refractivity contribution in [3.8, 4) is 6.07 Å². The quantitative estimate of drug-likeness (QED) is 0.882. The van der Waals surface area contributed by atoms with Crippen LogP contribution in [0.4, 0.5) is 5.69 Å². The van der Waals surface area contributed by atoms with Crippen LogP contribution in [0.2, 0.25) is 0 Å². The largest absolute Gasteiger partial charge is 0.326 e. The van der Waals surface area contributed by atoms with Crippen LogP contribution in [-0.4, -0.2) is 15.7 Å². The second kappa shape index (κ2) is 7.78. The van der Waals surface area contributed by atoms with Crippen molar-refractivity contribution in [1.29, 1.82) is 5.26 Å². The van der Waals surface area contributed by atoms with E-state index in [1.54, 1.807) is 0 Å². The van der Waals surface area contributed by atoms with Crippen molar-refractivity contribution in [2.24, 2.45) is 0 Å². The number of rotatable bonds is 6. The fourth-order valence-corrected chi connectivity index (χ4v) is 2.79. The van der Waals surface area contributed by atoms with Crippen molar-refractivity contribution in [3.63, 3.8) is 0 Å². The minimum Gasteiger partial charge on any atom is -0.326 e. The number of nitrogens with zero attached hydrogens (tertiary/aromatic N) is 3. The summed E-state index contributed by atoms with van der Waals surface area (Å²) in [5.74, 6) is 0.00674. The summed E-state index contributed by atoms with van der Waals surface area (Å²) in [6.45, 7) is 8.54. The van der Waals surface area contributed by atoms with Crippen molar-refractivity contribution in [2.75, 3.05) is 5.32 Å². The Morgan fingerprint density at radius 2 is 2.04 bits per heavy atom. The van der Waals surface area contributed by atoms with Gasteiger partial charge in [-0.05, 0) is 56.9 Å². The van der Waals surface area contributed by atoms with Gasteiger partial charge < -0.3 is 5.32 Å². The maximum absolute atomic E-state index is 12.3. The van der Waals surface area contributed by atoms with Gasteiger partial charge in [0.25, 0.3) is 0 Å². The highest BCUT2D eigenvalue weighted by Gasteiger charge is 2.13. The third kappa shape index (κ3) is 4.23. The Morgan fingerprint density at radius 1 is 1.29 bits per heavy atom. The van der Waals surface area contributed by atoms with Crippen LogP contribution in [0.25, 0.3) is 0 Å². The summed E-state index contributed by atoms with van der Waals surface area (Å²) in [6.07, 6.45) is 1.51. The highest BCUT2D eigenvalue weighted by atomic mass is 16.1. The van der Waals surface area contributed by atoms with Gasteiger partial charge in [-0.1, -0.05) is 12.1 Å². The lowest BCUT2D eigenvalue weighted by molar-refractivity contribution is -0.116. The minimum absolute atomic E-state index is 0.00674.